The van der Waals surface area contributed by atoms with Crippen molar-refractivity contribution in [3.63, 3.8) is 0 Å². The number of carbonyl (C=O) groups excluding carboxylic acids is 2. The number of hydrogen-bond acceptors (Lipinski definition) is 5. The Balaban J connectivity index is 1.20. The summed E-state index contributed by atoms with van der Waals surface area (Å²) < 4.78 is 19.6. The van der Waals surface area contributed by atoms with Gasteiger partial charge in [-0.05, 0) is 59.7 Å². The molecule has 5 aromatic rings. The summed E-state index contributed by atoms with van der Waals surface area (Å²) in [4.78, 5) is 26.5. The van der Waals surface area contributed by atoms with E-state index in [0.717, 1.165) is 44.4 Å². The fourth-order valence-electron chi connectivity index (χ4n) is 5.24. The van der Waals surface area contributed by atoms with E-state index in [4.69, 9.17) is 14.2 Å². The van der Waals surface area contributed by atoms with Crippen molar-refractivity contribution in [2.24, 2.45) is 0 Å². The Hall–Kier alpha value is -4.58. The molecule has 0 saturated carbocycles. The first-order valence-electron chi connectivity index (χ1n) is 12.7. The van der Waals surface area contributed by atoms with E-state index in [2.05, 4.69) is 10.6 Å². The molecule has 0 spiro atoms. The molecular formula is C32H27NO5. The van der Waals surface area contributed by atoms with Crippen LogP contribution >= 0.6 is 0 Å². The summed E-state index contributed by atoms with van der Waals surface area (Å²) in [6.45, 7) is 4.49. The molecule has 0 N–H and O–H groups in total. The normalized spacial score (nSPS) is 14.5. The topological polar surface area (TPSA) is 66.8 Å². The highest BCUT2D eigenvalue weighted by Gasteiger charge is 2.25. The van der Waals surface area contributed by atoms with E-state index < -0.39 is 5.97 Å². The number of fused-ring (bicyclic) bond motifs is 3. The molecule has 2 heterocycles. The van der Waals surface area contributed by atoms with Crippen molar-refractivity contribution in [3.05, 3.63) is 107 Å². The zero-order valence-electron chi connectivity index (χ0n) is 21.3. The highest BCUT2D eigenvalue weighted by molar-refractivity contribution is 6.17. The number of esters is 1. The van der Waals surface area contributed by atoms with Crippen LogP contribution in [0.1, 0.15) is 32.1 Å². The van der Waals surface area contributed by atoms with E-state index in [9.17, 15) is 9.59 Å². The molecular weight excluding hydrogens is 478 g/mol. The van der Waals surface area contributed by atoms with Crippen LogP contribution in [0.5, 0.6) is 11.5 Å². The van der Waals surface area contributed by atoms with Gasteiger partial charge in [0.2, 0.25) is 5.78 Å². The summed E-state index contributed by atoms with van der Waals surface area (Å²) in [6.07, 6.45) is -0.185. The second-order valence-electron chi connectivity index (χ2n) is 9.59. The Morgan fingerprint density at radius 2 is 1.50 bits per heavy atom. The number of para-hydroxylation sites is 2. The van der Waals surface area contributed by atoms with Gasteiger partial charge in [0.15, 0.2) is 24.2 Å². The zero-order chi connectivity index (χ0) is 26.2. The van der Waals surface area contributed by atoms with Gasteiger partial charge < -0.3 is 18.8 Å². The van der Waals surface area contributed by atoms with Gasteiger partial charge in [-0.15, -0.1) is 0 Å². The van der Waals surface area contributed by atoms with Crippen LogP contribution in [0.3, 0.4) is 0 Å². The van der Waals surface area contributed by atoms with Crippen LogP contribution in [0.25, 0.3) is 21.5 Å². The van der Waals surface area contributed by atoms with E-state index in [1.54, 1.807) is 0 Å². The fourth-order valence-corrected chi connectivity index (χ4v) is 5.24. The van der Waals surface area contributed by atoms with Gasteiger partial charge in [-0.1, -0.05) is 60.7 Å². The Bertz CT molecular complexity index is 1650. The molecule has 1 unspecified atom stereocenters. The molecule has 1 aliphatic rings. The number of ether oxygens (including phenoxy) is 3. The number of ketones is 1. The van der Waals surface area contributed by atoms with E-state index in [1.807, 2.05) is 92.7 Å². The SMILES string of the molecule is Cc1cc(C(=O)COC(=O)c2c3ccccc3cc3ccccc23)c(C)n1CC1COc2ccccc2O1. The molecule has 1 aromatic heterocycles. The molecule has 0 radical (unpaired) electrons. The molecule has 6 nitrogen and oxygen atoms in total. The average molecular weight is 506 g/mol. The van der Waals surface area contributed by atoms with Gasteiger partial charge in [0.05, 0.1) is 12.1 Å². The van der Waals surface area contributed by atoms with Crippen molar-refractivity contribution >= 4 is 33.3 Å². The highest BCUT2D eigenvalue weighted by Crippen LogP contribution is 2.32. The number of nitrogens with zero attached hydrogens (tertiary/aromatic N) is 1. The Kier molecular flexibility index (Phi) is 6.08. The summed E-state index contributed by atoms with van der Waals surface area (Å²) in [7, 11) is 0. The first kappa shape index (κ1) is 23.8. The summed E-state index contributed by atoms with van der Waals surface area (Å²) >= 11 is 0. The molecule has 0 fully saturated rings. The molecule has 0 amide bonds. The molecule has 38 heavy (non-hydrogen) atoms. The van der Waals surface area contributed by atoms with Crippen LogP contribution in [0, 0.1) is 13.8 Å². The third-order valence-corrected chi connectivity index (χ3v) is 7.14. The van der Waals surface area contributed by atoms with E-state index >= 15 is 0 Å². The number of Topliss-reactive ketones (excluding diaryl/α,β-unsaturated/α-hetero) is 1. The number of hydrogen-bond donors (Lipinski definition) is 0. The van der Waals surface area contributed by atoms with Crippen LogP contribution < -0.4 is 9.47 Å². The molecule has 0 bridgehead atoms. The smallest absolute Gasteiger partial charge is 0.339 e. The van der Waals surface area contributed by atoms with Crippen LogP contribution in [0.15, 0.2) is 84.9 Å². The summed E-state index contributed by atoms with van der Waals surface area (Å²) in [5.41, 5.74) is 2.75. The lowest BCUT2D eigenvalue weighted by Gasteiger charge is -2.27. The third-order valence-electron chi connectivity index (χ3n) is 7.14. The number of rotatable bonds is 6. The minimum atomic E-state index is -0.508. The maximum Gasteiger partial charge on any atom is 0.339 e. The van der Waals surface area contributed by atoms with E-state index in [1.165, 1.54) is 0 Å². The third kappa shape index (κ3) is 4.28. The first-order valence-corrected chi connectivity index (χ1v) is 12.7. The standard InChI is InChI=1S/C32H27NO5/c1-20-15-27(21(2)33(20)17-24-18-36-29-13-7-8-14-30(29)38-24)28(34)19-37-32(35)31-25-11-5-3-9-22(25)16-23-10-4-6-12-26(23)31/h3-16,24H,17-19H2,1-2H3. The molecule has 0 saturated heterocycles. The van der Waals surface area contributed by atoms with E-state index in [-0.39, 0.29) is 18.5 Å². The van der Waals surface area contributed by atoms with Crippen molar-refractivity contribution in [2.45, 2.75) is 26.5 Å². The van der Waals surface area contributed by atoms with Gasteiger partial charge in [-0.2, -0.15) is 0 Å². The van der Waals surface area contributed by atoms with Crippen LogP contribution in [-0.2, 0) is 11.3 Å². The Labute approximate surface area is 220 Å². The van der Waals surface area contributed by atoms with Crippen LogP contribution in [0.4, 0.5) is 0 Å². The monoisotopic (exact) mass is 505 g/mol. The predicted molar refractivity (Wildman–Crippen MR) is 146 cm³/mol. The van der Waals surface area contributed by atoms with Gasteiger partial charge in [0.1, 0.15) is 6.61 Å². The quantitative estimate of drug-likeness (QED) is 0.154. The van der Waals surface area contributed by atoms with Gasteiger partial charge in [-0.25, -0.2) is 4.79 Å². The molecule has 6 heteroatoms. The van der Waals surface area contributed by atoms with Crippen molar-refractivity contribution < 1.29 is 23.8 Å². The van der Waals surface area contributed by atoms with Gasteiger partial charge in [-0.3, -0.25) is 4.79 Å². The second kappa shape index (κ2) is 9.71. The average Bonchev–Trinajstić information content (AvgIpc) is 3.22. The Morgan fingerprint density at radius 1 is 0.868 bits per heavy atom. The van der Waals surface area contributed by atoms with Gasteiger partial charge in [0, 0.05) is 17.0 Å². The predicted octanol–water partition coefficient (Wildman–Crippen LogP) is 6.29. The summed E-state index contributed by atoms with van der Waals surface area (Å²) in [5.74, 6) is 0.705. The molecule has 1 atom stereocenters. The maximum absolute atomic E-state index is 13.3. The van der Waals surface area contributed by atoms with Crippen molar-refractivity contribution in [1.82, 2.24) is 4.57 Å². The summed E-state index contributed by atoms with van der Waals surface area (Å²) in [5, 5.41) is 3.50. The number of carbonyl (C=O) groups is 2. The van der Waals surface area contributed by atoms with Crippen LogP contribution in [-0.4, -0.2) is 35.6 Å². The van der Waals surface area contributed by atoms with Crippen LogP contribution in [0.2, 0.25) is 0 Å². The second-order valence-corrected chi connectivity index (χ2v) is 9.59. The molecule has 4 aromatic carbocycles. The minimum absolute atomic E-state index is 0.185. The van der Waals surface area contributed by atoms with Crippen molar-refractivity contribution in [2.75, 3.05) is 13.2 Å². The number of aromatic nitrogens is 1. The number of aryl methyl sites for hydroxylation is 1. The Morgan fingerprint density at radius 3 is 2.21 bits per heavy atom. The molecule has 6 rings (SSSR count). The lowest BCUT2D eigenvalue weighted by molar-refractivity contribution is 0.0478. The van der Waals surface area contributed by atoms with Crippen molar-refractivity contribution in [1.29, 1.82) is 0 Å². The van der Waals surface area contributed by atoms with Gasteiger partial charge in [0.25, 0.3) is 0 Å². The maximum atomic E-state index is 13.3. The summed E-state index contributed by atoms with van der Waals surface area (Å²) in [6, 6.07) is 26.9. The molecule has 0 aliphatic carbocycles. The van der Waals surface area contributed by atoms with Crippen molar-refractivity contribution in [3.8, 4) is 11.5 Å². The zero-order valence-corrected chi connectivity index (χ0v) is 21.3. The van der Waals surface area contributed by atoms with Gasteiger partial charge >= 0.3 is 5.97 Å². The first-order chi connectivity index (χ1) is 18.5. The lowest BCUT2D eigenvalue weighted by atomic mass is 9.97. The molecule has 1 aliphatic heterocycles. The van der Waals surface area contributed by atoms with E-state index in [0.29, 0.717) is 24.3 Å². The lowest BCUT2D eigenvalue weighted by Crippen LogP contribution is -2.33. The largest absolute Gasteiger partial charge is 0.486 e. The highest BCUT2D eigenvalue weighted by atomic mass is 16.6. The number of benzene rings is 4. The molecule has 190 valence electrons. The minimum Gasteiger partial charge on any atom is -0.486 e. The fraction of sp³-hybridized carbons (Fsp3) is 0.188.